The number of cyclic esters (lactones) is 1. The van der Waals surface area contributed by atoms with Crippen molar-refractivity contribution in [1.82, 2.24) is 0 Å². The number of carbonyl (C=O) groups excluding carboxylic acids is 3. The van der Waals surface area contributed by atoms with Crippen molar-refractivity contribution in [1.29, 1.82) is 0 Å². The number of ketones is 1. The van der Waals surface area contributed by atoms with E-state index in [-0.39, 0.29) is 6.42 Å². The summed E-state index contributed by atoms with van der Waals surface area (Å²) in [5.41, 5.74) is 0. The number of hydrogen-bond acceptors (Lipinski definition) is 8. The molecule has 0 aromatic rings. The molecule has 0 spiro atoms. The zero-order chi connectivity index (χ0) is 23.3. The Labute approximate surface area is 182 Å². The molecule has 1 aliphatic heterocycles. The molecule has 1 aliphatic rings. The Kier molecular flexibility index (Phi) is 13.1. The van der Waals surface area contributed by atoms with E-state index < -0.39 is 50.5 Å². The van der Waals surface area contributed by atoms with Crippen molar-refractivity contribution in [2.45, 2.75) is 102 Å². The fraction of sp³-hybridized carbons (Fsp3) is 0.850. The molecule has 0 saturated carbocycles. The summed E-state index contributed by atoms with van der Waals surface area (Å²) in [5.74, 6) is -3.00. The molecule has 3 unspecified atom stereocenters. The van der Waals surface area contributed by atoms with Gasteiger partial charge in [0, 0.05) is 6.42 Å². The van der Waals surface area contributed by atoms with Gasteiger partial charge < -0.3 is 24.4 Å². The van der Waals surface area contributed by atoms with Crippen LogP contribution in [0, 0.1) is 0 Å². The van der Waals surface area contributed by atoms with Crippen molar-refractivity contribution in [3.8, 4) is 0 Å². The van der Waals surface area contributed by atoms with Crippen molar-refractivity contribution in [2.75, 3.05) is 6.61 Å². The summed E-state index contributed by atoms with van der Waals surface area (Å²) in [7, 11) is -5.10. The molecule has 3 atom stereocenters. The standard InChI is InChI=1S/C20H35O10P/c1-2-3-4-5-6-7-8-9-10-11-12-13-16(22)28-14-15(21)18-17(23)19(20(24)29-18)30-31(25,26)27/h15,18-19,21H,2-14H2,1H3,(H2,25,26,27). The summed E-state index contributed by atoms with van der Waals surface area (Å²) < 4.78 is 24.4. The van der Waals surface area contributed by atoms with E-state index in [1.807, 2.05) is 0 Å². The minimum Gasteiger partial charge on any atom is -0.463 e. The van der Waals surface area contributed by atoms with Crippen LogP contribution in [0.1, 0.15) is 84.0 Å². The van der Waals surface area contributed by atoms with Gasteiger partial charge in [-0.05, 0) is 6.42 Å². The molecule has 0 radical (unpaired) electrons. The summed E-state index contributed by atoms with van der Waals surface area (Å²) in [6, 6.07) is 0. The predicted octanol–water partition coefficient (Wildman–Crippen LogP) is 2.56. The molecular formula is C20H35O10P. The minimum absolute atomic E-state index is 0.173. The lowest BCUT2D eigenvalue weighted by atomic mass is 10.1. The van der Waals surface area contributed by atoms with Crippen LogP contribution < -0.4 is 0 Å². The first-order valence-corrected chi connectivity index (χ1v) is 12.5. The zero-order valence-electron chi connectivity index (χ0n) is 18.1. The van der Waals surface area contributed by atoms with Crippen molar-refractivity contribution in [2.24, 2.45) is 0 Å². The number of unbranched alkanes of at least 4 members (excludes halogenated alkanes) is 10. The van der Waals surface area contributed by atoms with E-state index in [1.165, 1.54) is 44.9 Å². The lowest BCUT2D eigenvalue weighted by Gasteiger charge is -2.15. The third kappa shape index (κ3) is 11.8. The van der Waals surface area contributed by atoms with Gasteiger partial charge in [0.15, 0.2) is 6.10 Å². The number of carbonyl (C=O) groups is 3. The highest BCUT2D eigenvalue weighted by Gasteiger charge is 2.50. The molecule has 180 valence electrons. The Morgan fingerprint density at radius 3 is 2.03 bits per heavy atom. The van der Waals surface area contributed by atoms with Crippen LogP contribution in [-0.4, -0.2) is 57.5 Å². The number of phosphoric ester groups is 1. The molecule has 0 aliphatic carbocycles. The lowest BCUT2D eigenvalue weighted by Crippen LogP contribution is -2.38. The number of Topliss-reactive ketones (excluding diaryl/α,β-unsaturated/α-hetero) is 1. The second kappa shape index (κ2) is 14.7. The van der Waals surface area contributed by atoms with Crippen molar-refractivity contribution in [3.63, 3.8) is 0 Å². The topological polar surface area (TPSA) is 157 Å². The fourth-order valence-corrected chi connectivity index (χ4v) is 3.75. The Morgan fingerprint density at radius 1 is 1.00 bits per heavy atom. The second-order valence-electron chi connectivity index (χ2n) is 7.77. The molecule has 0 aromatic heterocycles. The van der Waals surface area contributed by atoms with Crippen molar-refractivity contribution >= 4 is 25.5 Å². The number of aliphatic hydroxyl groups excluding tert-OH is 1. The first-order chi connectivity index (χ1) is 14.7. The molecular weight excluding hydrogens is 431 g/mol. The first-order valence-electron chi connectivity index (χ1n) is 11.0. The Morgan fingerprint density at radius 2 is 1.52 bits per heavy atom. The van der Waals surface area contributed by atoms with Crippen LogP contribution in [0.2, 0.25) is 0 Å². The summed E-state index contributed by atoms with van der Waals surface area (Å²) in [6.07, 6.45) is 7.31. The molecule has 10 nitrogen and oxygen atoms in total. The monoisotopic (exact) mass is 466 g/mol. The van der Waals surface area contributed by atoms with E-state index in [1.54, 1.807) is 0 Å². The maximum Gasteiger partial charge on any atom is 0.470 e. The zero-order valence-corrected chi connectivity index (χ0v) is 19.0. The molecule has 1 fully saturated rings. The largest absolute Gasteiger partial charge is 0.470 e. The number of hydrogen-bond donors (Lipinski definition) is 3. The lowest BCUT2D eigenvalue weighted by molar-refractivity contribution is -0.156. The number of aliphatic hydroxyl groups is 1. The smallest absolute Gasteiger partial charge is 0.463 e. The highest BCUT2D eigenvalue weighted by molar-refractivity contribution is 7.46. The molecule has 31 heavy (non-hydrogen) atoms. The summed E-state index contributed by atoms with van der Waals surface area (Å²) >= 11 is 0. The minimum atomic E-state index is -5.10. The number of rotatable bonds is 17. The molecule has 3 N–H and O–H groups in total. The van der Waals surface area contributed by atoms with Crippen LogP contribution in [-0.2, 0) is 32.9 Å². The number of ether oxygens (including phenoxy) is 2. The Bertz CT molecular complexity index is 617. The molecule has 0 aromatic carbocycles. The normalized spacial score (nSPS) is 20.0. The molecule has 1 rings (SSSR count). The van der Waals surface area contributed by atoms with Crippen LogP contribution in [0.25, 0.3) is 0 Å². The van der Waals surface area contributed by atoms with Gasteiger partial charge in [-0.25, -0.2) is 9.36 Å². The average molecular weight is 466 g/mol. The maximum absolute atomic E-state index is 11.9. The van der Waals surface area contributed by atoms with Gasteiger partial charge in [0.05, 0.1) is 0 Å². The van der Waals surface area contributed by atoms with Gasteiger partial charge in [-0.15, -0.1) is 0 Å². The fourth-order valence-electron chi connectivity index (χ4n) is 3.28. The van der Waals surface area contributed by atoms with Gasteiger partial charge in [-0.3, -0.25) is 14.1 Å². The average Bonchev–Trinajstić information content (AvgIpc) is 2.97. The Balaban J connectivity index is 2.12. The summed E-state index contributed by atoms with van der Waals surface area (Å²) in [5, 5.41) is 9.94. The van der Waals surface area contributed by atoms with Gasteiger partial charge in [0.2, 0.25) is 11.9 Å². The number of phosphoric acid groups is 1. The SMILES string of the molecule is CCCCCCCCCCCCCC(=O)OCC(O)C1OC(=O)C(OP(=O)(O)O)C1=O. The van der Waals surface area contributed by atoms with E-state index >= 15 is 0 Å². The van der Waals surface area contributed by atoms with Gasteiger partial charge in [0.25, 0.3) is 0 Å². The van der Waals surface area contributed by atoms with Crippen LogP contribution in [0.4, 0.5) is 0 Å². The maximum atomic E-state index is 11.9. The van der Waals surface area contributed by atoms with E-state index in [0.29, 0.717) is 6.42 Å². The summed E-state index contributed by atoms with van der Waals surface area (Å²) in [6.45, 7) is 1.62. The quantitative estimate of drug-likeness (QED) is 0.126. The second-order valence-corrected chi connectivity index (χ2v) is 8.96. The van der Waals surface area contributed by atoms with Crippen LogP contribution in [0.5, 0.6) is 0 Å². The number of esters is 2. The molecule has 0 amide bonds. The van der Waals surface area contributed by atoms with E-state index in [9.17, 15) is 24.1 Å². The van der Waals surface area contributed by atoms with E-state index in [4.69, 9.17) is 14.5 Å². The molecule has 1 heterocycles. The first kappa shape index (κ1) is 27.7. The van der Waals surface area contributed by atoms with Crippen LogP contribution in [0.3, 0.4) is 0 Å². The molecule has 11 heteroatoms. The van der Waals surface area contributed by atoms with Gasteiger partial charge >= 0.3 is 19.8 Å². The Hall–Kier alpha value is -1.32. The molecule has 0 bridgehead atoms. The summed E-state index contributed by atoms with van der Waals surface area (Å²) in [4.78, 5) is 52.7. The van der Waals surface area contributed by atoms with E-state index in [2.05, 4.69) is 16.2 Å². The van der Waals surface area contributed by atoms with Gasteiger partial charge in [0.1, 0.15) is 12.7 Å². The third-order valence-electron chi connectivity index (χ3n) is 4.99. The third-order valence-corrected chi connectivity index (χ3v) is 5.47. The van der Waals surface area contributed by atoms with Crippen molar-refractivity contribution in [3.05, 3.63) is 0 Å². The van der Waals surface area contributed by atoms with Crippen molar-refractivity contribution < 1.29 is 47.8 Å². The molecule has 1 saturated heterocycles. The highest BCUT2D eigenvalue weighted by Crippen LogP contribution is 2.39. The van der Waals surface area contributed by atoms with Gasteiger partial charge in [-0.1, -0.05) is 71.1 Å². The highest BCUT2D eigenvalue weighted by atomic mass is 31.2. The van der Waals surface area contributed by atoms with Gasteiger partial charge in [-0.2, -0.15) is 0 Å². The van der Waals surface area contributed by atoms with E-state index in [0.717, 1.165) is 19.3 Å². The van der Waals surface area contributed by atoms with Crippen LogP contribution in [0.15, 0.2) is 0 Å². The van der Waals surface area contributed by atoms with Crippen LogP contribution >= 0.6 is 7.82 Å². The predicted molar refractivity (Wildman–Crippen MR) is 110 cm³/mol.